The molecule has 3 aromatic rings. The molecule has 0 amide bonds. The van der Waals surface area contributed by atoms with Gasteiger partial charge < -0.3 is 10.1 Å². The number of para-hydroxylation sites is 1. The Kier molecular flexibility index (Phi) is 3.83. The molecule has 25 heavy (non-hydrogen) atoms. The lowest BCUT2D eigenvalue weighted by atomic mass is 10.3. The van der Waals surface area contributed by atoms with E-state index in [0.29, 0.717) is 22.9 Å². The van der Waals surface area contributed by atoms with E-state index in [9.17, 15) is 9.18 Å². The molecule has 2 aromatic heterocycles. The lowest BCUT2D eigenvalue weighted by Crippen LogP contribution is -2.20. The van der Waals surface area contributed by atoms with Crippen LogP contribution in [0.4, 0.5) is 10.3 Å². The van der Waals surface area contributed by atoms with Crippen LogP contribution in [-0.2, 0) is 7.05 Å². The third-order valence-corrected chi connectivity index (χ3v) is 4.22. The first kappa shape index (κ1) is 15.6. The zero-order valence-corrected chi connectivity index (χ0v) is 13.7. The summed E-state index contributed by atoms with van der Waals surface area (Å²) in [4.78, 5) is 21.2. The van der Waals surface area contributed by atoms with Crippen molar-refractivity contribution in [3.8, 4) is 11.5 Å². The van der Waals surface area contributed by atoms with Crippen molar-refractivity contribution >= 4 is 17.0 Å². The van der Waals surface area contributed by atoms with Crippen LogP contribution >= 0.6 is 0 Å². The summed E-state index contributed by atoms with van der Waals surface area (Å²) < 4.78 is 20.6. The van der Waals surface area contributed by atoms with E-state index in [0.717, 1.165) is 6.54 Å². The van der Waals surface area contributed by atoms with Crippen LogP contribution < -0.4 is 15.6 Å². The summed E-state index contributed by atoms with van der Waals surface area (Å²) in [5.74, 6) is 0.697. The number of hydrogen-bond donors (Lipinski definition) is 1. The van der Waals surface area contributed by atoms with Crippen LogP contribution in [-0.4, -0.2) is 21.1 Å². The first-order valence-electron chi connectivity index (χ1n) is 8.15. The maximum Gasteiger partial charge on any atom is 0.294 e. The molecular weight excluding hydrogens is 323 g/mol. The largest absolute Gasteiger partial charge is 0.448 e. The monoisotopic (exact) mass is 340 g/mol. The van der Waals surface area contributed by atoms with E-state index < -0.39 is 5.82 Å². The summed E-state index contributed by atoms with van der Waals surface area (Å²) in [5.41, 5.74) is 0.113. The molecule has 0 atom stereocenters. The van der Waals surface area contributed by atoms with Crippen molar-refractivity contribution in [2.75, 3.05) is 11.9 Å². The molecule has 1 N–H and O–H groups in total. The molecule has 1 aromatic carbocycles. The normalized spacial score (nSPS) is 13.8. The van der Waals surface area contributed by atoms with Gasteiger partial charge in [0.05, 0.1) is 0 Å². The third-order valence-electron chi connectivity index (χ3n) is 4.22. The zero-order chi connectivity index (χ0) is 17.4. The van der Waals surface area contributed by atoms with Gasteiger partial charge in [-0.3, -0.25) is 9.36 Å². The van der Waals surface area contributed by atoms with Crippen molar-refractivity contribution in [3.63, 3.8) is 0 Å². The van der Waals surface area contributed by atoms with Gasteiger partial charge in [0.1, 0.15) is 5.65 Å². The molecular formula is C18H17FN4O2. The second-order valence-electron chi connectivity index (χ2n) is 6.20. The minimum Gasteiger partial charge on any atom is -0.448 e. The van der Waals surface area contributed by atoms with Crippen LogP contribution in [0.5, 0.6) is 11.5 Å². The van der Waals surface area contributed by atoms with E-state index in [4.69, 9.17) is 4.74 Å². The predicted molar refractivity (Wildman–Crippen MR) is 92.5 cm³/mol. The number of aryl methyl sites for hydroxylation is 1. The molecule has 1 fully saturated rings. The van der Waals surface area contributed by atoms with Gasteiger partial charge in [-0.1, -0.05) is 12.1 Å². The molecule has 0 spiro atoms. The standard InChI is InChI=1S/C18H17FN4O2/c1-23-16-12(10-21-18(22-16)20-9-11-6-7-11)8-15(17(23)24)25-14-5-3-2-4-13(14)19/h2-5,8,10-11H,6-7,9H2,1H3,(H,20,21,22). The number of rotatable bonds is 5. The van der Waals surface area contributed by atoms with E-state index in [-0.39, 0.29) is 17.1 Å². The second-order valence-corrected chi connectivity index (χ2v) is 6.20. The van der Waals surface area contributed by atoms with Gasteiger partial charge in [-0.25, -0.2) is 9.37 Å². The molecule has 7 heteroatoms. The number of nitrogens with zero attached hydrogens (tertiary/aromatic N) is 3. The Bertz CT molecular complexity index is 998. The van der Waals surface area contributed by atoms with Crippen molar-refractivity contribution in [2.24, 2.45) is 13.0 Å². The quantitative estimate of drug-likeness (QED) is 0.773. The predicted octanol–water partition coefficient (Wildman–Crippen LogP) is 3.08. The van der Waals surface area contributed by atoms with Crippen LogP contribution in [0.1, 0.15) is 12.8 Å². The number of ether oxygens (including phenoxy) is 1. The van der Waals surface area contributed by atoms with Crippen LogP contribution in [0.2, 0.25) is 0 Å². The number of nitrogens with one attached hydrogen (secondary N) is 1. The van der Waals surface area contributed by atoms with Gasteiger partial charge in [0.15, 0.2) is 17.3 Å². The molecule has 2 heterocycles. The molecule has 6 nitrogen and oxygen atoms in total. The van der Waals surface area contributed by atoms with Crippen LogP contribution in [0.3, 0.4) is 0 Å². The molecule has 0 radical (unpaired) electrons. The van der Waals surface area contributed by atoms with E-state index >= 15 is 0 Å². The Morgan fingerprint density at radius 2 is 2.12 bits per heavy atom. The van der Waals surface area contributed by atoms with Gasteiger partial charge in [-0.05, 0) is 37.0 Å². The maximum atomic E-state index is 13.8. The second kappa shape index (κ2) is 6.16. The van der Waals surface area contributed by atoms with Crippen molar-refractivity contribution in [1.29, 1.82) is 0 Å². The van der Waals surface area contributed by atoms with Crippen molar-refractivity contribution < 1.29 is 9.13 Å². The number of benzene rings is 1. The Morgan fingerprint density at radius 3 is 2.88 bits per heavy atom. The SMILES string of the molecule is Cn1c(=O)c(Oc2ccccc2F)cc2cnc(NCC3CC3)nc21. The van der Waals surface area contributed by atoms with Gasteiger partial charge in [-0.2, -0.15) is 4.98 Å². The van der Waals surface area contributed by atoms with Gasteiger partial charge in [0, 0.05) is 25.2 Å². The summed E-state index contributed by atoms with van der Waals surface area (Å²) in [6.07, 6.45) is 4.09. The molecule has 0 aliphatic heterocycles. The Hall–Kier alpha value is -2.96. The summed E-state index contributed by atoms with van der Waals surface area (Å²) in [6, 6.07) is 7.49. The van der Waals surface area contributed by atoms with E-state index in [2.05, 4.69) is 15.3 Å². The average molecular weight is 340 g/mol. The summed E-state index contributed by atoms with van der Waals surface area (Å²) in [6.45, 7) is 0.841. The molecule has 0 unspecified atom stereocenters. The highest BCUT2D eigenvalue weighted by atomic mass is 19.1. The fourth-order valence-corrected chi connectivity index (χ4v) is 2.58. The number of anilines is 1. The Labute approximate surface area is 143 Å². The van der Waals surface area contributed by atoms with Gasteiger partial charge in [0.2, 0.25) is 5.95 Å². The van der Waals surface area contributed by atoms with Crippen LogP contribution in [0.15, 0.2) is 41.3 Å². The smallest absolute Gasteiger partial charge is 0.294 e. The first-order valence-corrected chi connectivity index (χ1v) is 8.15. The van der Waals surface area contributed by atoms with Gasteiger partial charge in [0.25, 0.3) is 5.56 Å². The molecule has 128 valence electrons. The first-order chi connectivity index (χ1) is 12.1. The summed E-state index contributed by atoms with van der Waals surface area (Å²) in [5, 5.41) is 3.83. The lowest BCUT2D eigenvalue weighted by molar-refractivity contribution is 0.434. The fourth-order valence-electron chi connectivity index (χ4n) is 2.58. The number of pyridine rings is 1. The summed E-state index contributed by atoms with van der Waals surface area (Å²) >= 11 is 0. The van der Waals surface area contributed by atoms with Crippen molar-refractivity contribution in [3.05, 3.63) is 52.7 Å². The van der Waals surface area contributed by atoms with E-state index in [1.807, 2.05) is 0 Å². The minimum absolute atomic E-state index is 0.00240. The molecule has 0 saturated heterocycles. The van der Waals surface area contributed by atoms with Crippen LogP contribution in [0.25, 0.3) is 11.0 Å². The molecule has 1 aliphatic carbocycles. The highest BCUT2D eigenvalue weighted by Gasteiger charge is 2.21. The fraction of sp³-hybridized carbons (Fsp3) is 0.278. The molecule has 4 rings (SSSR count). The Morgan fingerprint density at radius 1 is 1.32 bits per heavy atom. The molecule has 0 bridgehead atoms. The van der Waals surface area contributed by atoms with Crippen molar-refractivity contribution in [1.82, 2.24) is 14.5 Å². The minimum atomic E-state index is -0.527. The number of aromatic nitrogens is 3. The molecule has 1 saturated carbocycles. The average Bonchev–Trinajstić information content (AvgIpc) is 3.44. The van der Waals surface area contributed by atoms with Gasteiger partial charge in [-0.15, -0.1) is 0 Å². The Balaban J connectivity index is 1.69. The van der Waals surface area contributed by atoms with Crippen molar-refractivity contribution in [2.45, 2.75) is 12.8 Å². The highest BCUT2D eigenvalue weighted by Crippen LogP contribution is 2.29. The highest BCUT2D eigenvalue weighted by molar-refractivity contribution is 5.76. The summed E-state index contributed by atoms with van der Waals surface area (Å²) in [7, 11) is 1.61. The number of hydrogen-bond acceptors (Lipinski definition) is 5. The third kappa shape index (κ3) is 3.17. The number of halogens is 1. The van der Waals surface area contributed by atoms with E-state index in [1.165, 1.54) is 35.6 Å². The zero-order valence-electron chi connectivity index (χ0n) is 13.7. The maximum absolute atomic E-state index is 13.8. The van der Waals surface area contributed by atoms with Gasteiger partial charge >= 0.3 is 0 Å². The topological polar surface area (TPSA) is 69.0 Å². The molecule has 1 aliphatic rings. The number of fused-ring (bicyclic) bond motifs is 1. The lowest BCUT2D eigenvalue weighted by Gasteiger charge is -2.11. The van der Waals surface area contributed by atoms with Crippen LogP contribution in [0, 0.1) is 11.7 Å². The van der Waals surface area contributed by atoms with E-state index in [1.54, 1.807) is 25.4 Å².